The molecule has 4 atom stereocenters. The number of aromatic nitrogens is 1. The molecule has 0 aliphatic carbocycles. The molecule has 4 aliphatic heterocycles. The number of likely N-dealkylation sites (tertiary alicyclic amines) is 1. The lowest BCUT2D eigenvalue weighted by molar-refractivity contribution is -0.152. The highest BCUT2D eigenvalue weighted by molar-refractivity contribution is 7.22. The third-order valence-corrected chi connectivity index (χ3v) is 8.69. The van der Waals surface area contributed by atoms with Gasteiger partial charge >= 0.3 is 5.97 Å². The zero-order valence-electron chi connectivity index (χ0n) is 19.6. The second-order valence-electron chi connectivity index (χ2n) is 9.51. The van der Waals surface area contributed by atoms with E-state index in [-0.39, 0.29) is 23.7 Å². The average Bonchev–Trinajstić information content (AvgIpc) is 3.62. The molecule has 10 heteroatoms. The lowest BCUT2D eigenvalue weighted by Gasteiger charge is -2.34. The number of amides is 2. The number of esters is 1. The second kappa shape index (κ2) is 8.30. The molecule has 5 heterocycles. The van der Waals surface area contributed by atoms with Gasteiger partial charge in [0, 0.05) is 19.2 Å². The Bertz CT molecular complexity index is 1240. The summed E-state index contributed by atoms with van der Waals surface area (Å²) in [6, 6.07) is 5.66. The van der Waals surface area contributed by atoms with E-state index in [0.29, 0.717) is 50.0 Å². The number of ether oxygens (including phenoxy) is 3. The van der Waals surface area contributed by atoms with E-state index in [9.17, 15) is 14.4 Å². The summed E-state index contributed by atoms with van der Waals surface area (Å²) in [4.78, 5) is 47.6. The zero-order chi connectivity index (χ0) is 24.3. The average molecular weight is 498 g/mol. The number of fused-ring (bicyclic) bond motifs is 2. The molecule has 1 aromatic heterocycles. The second-order valence-corrected chi connectivity index (χ2v) is 10.5. The van der Waals surface area contributed by atoms with Crippen molar-refractivity contribution in [1.29, 1.82) is 0 Å². The molecule has 4 aliphatic rings. The highest BCUT2D eigenvalue weighted by Gasteiger charge is 2.67. The first-order valence-electron chi connectivity index (χ1n) is 12.0. The number of rotatable bonds is 5. The van der Waals surface area contributed by atoms with Crippen LogP contribution in [0.3, 0.4) is 0 Å². The lowest BCUT2D eigenvalue weighted by atomic mass is 9.76. The summed E-state index contributed by atoms with van der Waals surface area (Å²) in [6.45, 7) is 3.45. The van der Waals surface area contributed by atoms with Gasteiger partial charge in [0.05, 0.1) is 54.3 Å². The summed E-state index contributed by atoms with van der Waals surface area (Å²) in [7, 11) is 1.61. The Balaban J connectivity index is 1.22. The van der Waals surface area contributed by atoms with E-state index in [4.69, 9.17) is 14.2 Å². The molecule has 6 rings (SSSR count). The van der Waals surface area contributed by atoms with Crippen LogP contribution in [0.15, 0.2) is 30.4 Å². The standard InChI is InChI=1S/C25H27N3O6S/c1-3-33-23(31)14-7-10-27(11-8-14)21(29)19-17-6-9-25(34-17)13-28(22(30)20(19)25)24-26-16-12-15(32-2)4-5-18(16)35-24/h4-6,9,12,14,17,19-20H,3,7-8,10-11,13H2,1-2H3/t17-,19+,20+,25-/m1/s1. The maximum atomic E-state index is 13.7. The Morgan fingerprint density at radius 2 is 2.09 bits per heavy atom. The molecule has 3 fully saturated rings. The van der Waals surface area contributed by atoms with Gasteiger partial charge in [0.15, 0.2) is 5.13 Å². The van der Waals surface area contributed by atoms with Gasteiger partial charge < -0.3 is 19.1 Å². The minimum Gasteiger partial charge on any atom is -0.497 e. The van der Waals surface area contributed by atoms with E-state index >= 15 is 0 Å². The smallest absolute Gasteiger partial charge is 0.309 e. The fourth-order valence-electron chi connectivity index (χ4n) is 5.89. The number of hydrogen-bond acceptors (Lipinski definition) is 8. The quantitative estimate of drug-likeness (QED) is 0.462. The molecule has 1 aromatic carbocycles. The number of anilines is 1. The summed E-state index contributed by atoms with van der Waals surface area (Å²) >= 11 is 1.44. The topological polar surface area (TPSA) is 98.3 Å². The normalized spacial score (nSPS) is 29.8. The van der Waals surface area contributed by atoms with Crippen LogP contribution in [0.1, 0.15) is 19.8 Å². The maximum absolute atomic E-state index is 13.7. The van der Waals surface area contributed by atoms with Gasteiger partial charge in [0.25, 0.3) is 0 Å². The number of carbonyl (C=O) groups is 3. The van der Waals surface area contributed by atoms with E-state index in [1.165, 1.54) is 11.3 Å². The number of thiazole rings is 1. The predicted molar refractivity (Wildman–Crippen MR) is 128 cm³/mol. The number of nitrogens with zero attached hydrogens (tertiary/aromatic N) is 3. The lowest BCUT2D eigenvalue weighted by Crippen LogP contribution is -2.49. The van der Waals surface area contributed by atoms with Crippen LogP contribution in [-0.2, 0) is 23.9 Å². The first-order chi connectivity index (χ1) is 16.9. The molecule has 3 saturated heterocycles. The highest BCUT2D eigenvalue weighted by atomic mass is 32.1. The molecule has 0 unspecified atom stereocenters. The molecule has 0 N–H and O–H groups in total. The van der Waals surface area contributed by atoms with Crippen LogP contribution in [0.5, 0.6) is 5.75 Å². The maximum Gasteiger partial charge on any atom is 0.309 e. The Morgan fingerprint density at radius 1 is 1.29 bits per heavy atom. The van der Waals surface area contributed by atoms with E-state index in [2.05, 4.69) is 4.98 Å². The summed E-state index contributed by atoms with van der Waals surface area (Å²) in [6.07, 6.45) is 4.62. The zero-order valence-corrected chi connectivity index (χ0v) is 20.5. The third kappa shape index (κ3) is 3.45. The van der Waals surface area contributed by atoms with Crippen LogP contribution >= 0.6 is 11.3 Å². The largest absolute Gasteiger partial charge is 0.497 e. The van der Waals surface area contributed by atoms with Crippen molar-refractivity contribution in [3.63, 3.8) is 0 Å². The molecule has 9 nitrogen and oxygen atoms in total. The molecule has 2 amide bonds. The fraction of sp³-hybridized carbons (Fsp3) is 0.520. The monoisotopic (exact) mass is 497 g/mol. The van der Waals surface area contributed by atoms with E-state index in [1.54, 1.807) is 23.8 Å². The van der Waals surface area contributed by atoms with Gasteiger partial charge in [0.2, 0.25) is 11.8 Å². The summed E-state index contributed by atoms with van der Waals surface area (Å²) in [5.41, 5.74) is -0.0366. The predicted octanol–water partition coefficient (Wildman–Crippen LogP) is 2.39. The van der Waals surface area contributed by atoms with Crippen molar-refractivity contribution in [1.82, 2.24) is 9.88 Å². The van der Waals surface area contributed by atoms with Crippen molar-refractivity contribution in [3.8, 4) is 5.75 Å². The molecular weight excluding hydrogens is 470 g/mol. The molecule has 2 bridgehead atoms. The van der Waals surface area contributed by atoms with Crippen LogP contribution in [-0.4, -0.2) is 72.7 Å². The van der Waals surface area contributed by atoms with Crippen molar-refractivity contribution in [3.05, 3.63) is 30.4 Å². The Kier molecular flexibility index (Phi) is 5.33. The van der Waals surface area contributed by atoms with Crippen LogP contribution in [0.25, 0.3) is 10.2 Å². The van der Waals surface area contributed by atoms with Gasteiger partial charge in [-0.15, -0.1) is 0 Å². The van der Waals surface area contributed by atoms with Crippen molar-refractivity contribution in [2.75, 3.05) is 38.3 Å². The highest BCUT2D eigenvalue weighted by Crippen LogP contribution is 2.53. The van der Waals surface area contributed by atoms with Crippen molar-refractivity contribution in [2.24, 2.45) is 17.8 Å². The van der Waals surface area contributed by atoms with Gasteiger partial charge in [-0.2, -0.15) is 0 Å². The van der Waals surface area contributed by atoms with Gasteiger partial charge in [0.1, 0.15) is 11.4 Å². The molecule has 2 aromatic rings. The Labute approximate surface area is 206 Å². The molecule has 0 saturated carbocycles. The molecule has 35 heavy (non-hydrogen) atoms. The fourth-order valence-corrected chi connectivity index (χ4v) is 6.84. The number of piperidine rings is 1. The van der Waals surface area contributed by atoms with Crippen LogP contribution < -0.4 is 9.64 Å². The number of hydrogen-bond donors (Lipinski definition) is 0. The van der Waals surface area contributed by atoms with Gasteiger partial charge in [-0.25, -0.2) is 4.98 Å². The molecule has 0 radical (unpaired) electrons. The minimum absolute atomic E-state index is 0.0715. The summed E-state index contributed by atoms with van der Waals surface area (Å²) in [5.74, 6) is -0.997. The van der Waals surface area contributed by atoms with Crippen LogP contribution in [0.2, 0.25) is 0 Å². The molecule has 184 valence electrons. The number of methoxy groups -OCH3 is 1. The Hall–Kier alpha value is -2.98. The van der Waals surface area contributed by atoms with Crippen molar-refractivity contribution < 1.29 is 28.6 Å². The van der Waals surface area contributed by atoms with Crippen molar-refractivity contribution in [2.45, 2.75) is 31.5 Å². The van der Waals surface area contributed by atoms with Crippen LogP contribution in [0, 0.1) is 17.8 Å². The first-order valence-corrected chi connectivity index (χ1v) is 12.8. The van der Waals surface area contributed by atoms with E-state index in [1.807, 2.05) is 30.4 Å². The minimum atomic E-state index is -0.805. The van der Waals surface area contributed by atoms with E-state index < -0.39 is 23.5 Å². The summed E-state index contributed by atoms with van der Waals surface area (Å²) < 4.78 is 17.7. The molecular formula is C25H27N3O6S. The van der Waals surface area contributed by atoms with Gasteiger partial charge in [-0.1, -0.05) is 23.5 Å². The SMILES string of the molecule is CCOC(=O)C1CCN(C(=O)[C@@H]2[C@H]3C(=O)N(c4nc5cc(OC)ccc5s4)C[C@]34C=C[C@H]2O4)CC1. The number of benzene rings is 1. The van der Waals surface area contributed by atoms with Gasteiger partial charge in [-0.05, 0) is 31.9 Å². The van der Waals surface area contributed by atoms with Crippen molar-refractivity contribution >= 4 is 44.5 Å². The van der Waals surface area contributed by atoms with E-state index in [0.717, 1.165) is 10.2 Å². The first kappa shape index (κ1) is 22.5. The summed E-state index contributed by atoms with van der Waals surface area (Å²) in [5, 5.41) is 0.601. The van der Waals surface area contributed by atoms with Crippen LogP contribution in [0.4, 0.5) is 5.13 Å². The van der Waals surface area contributed by atoms with Gasteiger partial charge in [-0.3, -0.25) is 19.3 Å². The third-order valence-electron chi connectivity index (χ3n) is 7.63. The Morgan fingerprint density at radius 3 is 2.83 bits per heavy atom. The molecule has 1 spiro atoms. The number of carbonyl (C=O) groups excluding carboxylic acids is 3.